The van der Waals surface area contributed by atoms with Gasteiger partial charge in [-0.25, -0.2) is 4.39 Å². The first kappa shape index (κ1) is 24.8. The largest absolute Gasteiger partial charge is 0.493 e. The van der Waals surface area contributed by atoms with E-state index >= 15 is 0 Å². The number of hydrogen-bond donors (Lipinski definition) is 0. The zero-order valence-corrected chi connectivity index (χ0v) is 20.2. The van der Waals surface area contributed by atoms with Crippen molar-refractivity contribution in [3.05, 3.63) is 58.8 Å². The van der Waals surface area contributed by atoms with Gasteiger partial charge in [0.05, 0.1) is 23.5 Å². The van der Waals surface area contributed by atoms with E-state index in [0.29, 0.717) is 28.6 Å². The van der Waals surface area contributed by atoms with Gasteiger partial charge >= 0.3 is 0 Å². The minimum absolute atomic E-state index is 0.0472. The number of halogens is 1. The molecule has 2 aromatic rings. The summed E-state index contributed by atoms with van der Waals surface area (Å²) < 4.78 is 53.5. The molecule has 1 aliphatic heterocycles. The SMILES string of the molecule is CCCCOc1cc(C=C2SC(=NS(=O)(=O)c3ccc(F)cc3)N(CC)C2=O)ccc1OC. The van der Waals surface area contributed by atoms with E-state index in [0.717, 1.165) is 48.9 Å². The number of carbonyl (C=O) groups is 1. The van der Waals surface area contributed by atoms with Crippen molar-refractivity contribution in [2.24, 2.45) is 4.40 Å². The van der Waals surface area contributed by atoms with Gasteiger partial charge in [-0.15, -0.1) is 4.40 Å². The molecule has 0 N–H and O–H groups in total. The molecule has 2 aromatic carbocycles. The highest BCUT2D eigenvalue weighted by Crippen LogP contribution is 2.35. The number of benzene rings is 2. The highest BCUT2D eigenvalue weighted by molar-refractivity contribution is 8.19. The van der Waals surface area contributed by atoms with Crippen LogP contribution in [0.2, 0.25) is 0 Å². The third-order valence-electron chi connectivity index (χ3n) is 4.75. The summed E-state index contributed by atoms with van der Waals surface area (Å²) in [4.78, 5) is 14.4. The minimum Gasteiger partial charge on any atom is -0.493 e. The smallest absolute Gasteiger partial charge is 0.284 e. The molecule has 3 rings (SSSR count). The zero-order chi connectivity index (χ0) is 24.0. The molecular formula is C23H25FN2O5S2. The van der Waals surface area contributed by atoms with Crippen LogP contribution in [-0.4, -0.2) is 44.7 Å². The average molecular weight is 493 g/mol. The van der Waals surface area contributed by atoms with E-state index < -0.39 is 15.8 Å². The van der Waals surface area contributed by atoms with Crippen molar-refractivity contribution in [1.29, 1.82) is 0 Å². The molecule has 33 heavy (non-hydrogen) atoms. The quantitative estimate of drug-likeness (QED) is 0.373. The Bertz CT molecular complexity index is 1180. The van der Waals surface area contributed by atoms with Crippen LogP contribution in [0.3, 0.4) is 0 Å². The summed E-state index contributed by atoms with van der Waals surface area (Å²) in [6.45, 7) is 4.59. The van der Waals surface area contributed by atoms with Crippen molar-refractivity contribution in [3.63, 3.8) is 0 Å². The fourth-order valence-corrected chi connectivity index (χ4v) is 5.24. The van der Waals surface area contributed by atoms with Crippen LogP contribution >= 0.6 is 11.8 Å². The van der Waals surface area contributed by atoms with Gasteiger partial charge in [-0.3, -0.25) is 9.69 Å². The van der Waals surface area contributed by atoms with E-state index in [1.165, 1.54) is 4.90 Å². The number of rotatable bonds is 9. The van der Waals surface area contributed by atoms with Crippen molar-refractivity contribution in [3.8, 4) is 11.5 Å². The fourth-order valence-electron chi connectivity index (χ4n) is 2.99. The lowest BCUT2D eigenvalue weighted by molar-refractivity contribution is -0.122. The number of amides is 1. The first-order valence-electron chi connectivity index (χ1n) is 10.4. The van der Waals surface area contributed by atoms with Crippen LogP contribution in [0.4, 0.5) is 4.39 Å². The summed E-state index contributed by atoms with van der Waals surface area (Å²) in [7, 11) is -2.55. The molecule has 0 aromatic heterocycles. The normalized spacial score (nSPS) is 16.6. The molecule has 1 amide bonds. The Labute approximate surface area is 197 Å². The summed E-state index contributed by atoms with van der Waals surface area (Å²) in [5.74, 6) is 0.252. The Hall–Kier alpha value is -2.85. The summed E-state index contributed by atoms with van der Waals surface area (Å²) in [5.41, 5.74) is 0.705. The molecule has 1 aliphatic rings. The maximum atomic E-state index is 13.2. The monoisotopic (exact) mass is 492 g/mol. The van der Waals surface area contributed by atoms with Gasteiger partial charge in [0.25, 0.3) is 15.9 Å². The predicted octanol–water partition coefficient (Wildman–Crippen LogP) is 4.69. The molecule has 0 saturated carbocycles. The summed E-state index contributed by atoms with van der Waals surface area (Å²) in [6, 6.07) is 9.69. The van der Waals surface area contributed by atoms with E-state index in [4.69, 9.17) is 9.47 Å². The third kappa shape index (κ3) is 5.94. The third-order valence-corrected chi connectivity index (χ3v) is 7.16. The Balaban J connectivity index is 1.91. The topological polar surface area (TPSA) is 85.3 Å². The molecule has 0 aliphatic carbocycles. The maximum Gasteiger partial charge on any atom is 0.284 e. The first-order chi connectivity index (χ1) is 15.8. The minimum atomic E-state index is -4.11. The van der Waals surface area contributed by atoms with Crippen LogP contribution in [0.1, 0.15) is 32.3 Å². The summed E-state index contributed by atoms with van der Waals surface area (Å²) in [5, 5.41) is 0.0472. The molecule has 0 spiro atoms. The molecule has 0 unspecified atom stereocenters. The van der Waals surface area contributed by atoms with Crippen LogP contribution in [0, 0.1) is 5.82 Å². The lowest BCUT2D eigenvalue weighted by atomic mass is 10.2. The molecule has 0 bridgehead atoms. The molecule has 10 heteroatoms. The number of carbonyl (C=O) groups excluding carboxylic acids is 1. The molecule has 1 saturated heterocycles. The summed E-state index contributed by atoms with van der Waals surface area (Å²) >= 11 is 0.970. The van der Waals surface area contributed by atoms with E-state index in [1.54, 1.807) is 38.3 Å². The molecule has 1 fully saturated rings. The van der Waals surface area contributed by atoms with Gasteiger partial charge in [0, 0.05) is 6.54 Å². The second kappa shape index (κ2) is 10.8. The van der Waals surface area contributed by atoms with E-state index in [2.05, 4.69) is 11.3 Å². The Kier molecular flexibility index (Phi) is 8.15. The number of methoxy groups -OCH3 is 1. The van der Waals surface area contributed by atoms with E-state index in [1.807, 2.05) is 0 Å². The van der Waals surface area contributed by atoms with Gasteiger partial charge in [-0.05, 0) is 73.1 Å². The number of unbranched alkanes of at least 4 members (excludes halogenated alkanes) is 1. The molecule has 1 heterocycles. The van der Waals surface area contributed by atoms with Crippen LogP contribution in [0.25, 0.3) is 6.08 Å². The van der Waals surface area contributed by atoms with Crippen molar-refractivity contribution in [1.82, 2.24) is 4.90 Å². The van der Waals surface area contributed by atoms with Gasteiger partial charge < -0.3 is 9.47 Å². The van der Waals surface area contributed by atoms with E-state index in [-0.39, 0.29) is 22.5 Å². The standard InChI is InChI=1S/C23H25FN2O5S2/c1-4-6-13-31-20-14-16(7-12-19(20)30-3)15-21-22(27)26(5-2)23(32-21)25-33(28,29)18-10-8-17(24)9-11-18/h7-12,14-15H,4-6,13H2,1-3H3. The second-order valence-corrected chi connectivity index (χ2v) is 9.69. The Morgan fingerprint density at radius 3 is 2.48 bits per heavy atom. The number of hydrogen-bond acceptors (Lipinski definition) is 6. The summed E-state index contributed by atoms with van der Waals surface area (Å²) in [6.07, 6.45) is 3.55. The highest BCUT2D eigenvalue weighted by Gasteiger charge is 2.34. The van der Waals surface area contributed by atoms with Gasteiger partial charge in [0.2, 0.25) is 0 Å². The predicted molar refractivity (Wildman–Crippen MR) is 127 cm³/mol. The molecule has 0 atom stereocenters. The van der Waals surface area contributed by atoms with Crippen LogP contribution in [0.15, 0.2) is 56.7 Å². The fraction of sp³-hybridized carbons (Fsp3) is 0.304. The average Bonchev–Trinajstić information content (AvgIpc) is 3.07. The van der Waals surface area contributed by atoms with Gasteiger partial charge in [0.15, 0.2) is 16.7 Å². The van der Waals surface area contributed by atoms with Crippen molar-refractivity contribution in [2.45, 2.75) is 31.6 Å². The number of likely N-dealkylation sites (N-methyl/N-ethyl adjacent to an activating group) is 1. The lowest BCUT2D eigenvalue weighted by Gasteiger charge is -2.12. The number of ether oxygens (including phenoxy) is 2. The zero-order valence-electron chi connectivity index (χ0n) is 18.6. The van der Waals surface area contributed by atoms with Crippen molar-refractivity contribution < 1.29 is 27.1 Å². The van der Waals surface area contributed by atoms with Crippen molar-refractivity contribution in [2.75, 3.05) is 20.3 Å². The van der Waals surface area contributed by atoms with E-state index in [9.17, 15) is 17.6 Å². The maximum absolute atomic E-state index is 13.2. The van der Waals surface area contributed by atoms with Gasteiger partial charge in [-0.1, -0.05) is 19.4 Å². The van der Waals surface area contributed by atoms with Gasteiger partial charge in [0.1, 0.15) is 5.82 Å². The van der Waals surface area contributed by atoms with Crippen LogP contribution < -0.4 is 9.47 Å². The Morgan fingerprint density at radius 2 is 1.85 bits per heavy atom. The van der Waals surface area contributed by atoms with Crippen molar-refractivity contribution >= 4 is 38.9 Å². The molecular weight excluding hydrogens is 467 g/mol. The number of amidine groups is 1. The number of sulfonamides is 1. The lowest BCUT2D eigenvalue weighted by Crippen LogP contribution is -2.29. The molecule has 0 radical (unpaired) electrons. The molecule has 7 nitrogen and oxygen atoms in total. The van der Waals surface area contributed by atoms with Crippen LogP contribution in [0.5, 0.6) is 11.5 Å². The Morgan fingerprint density at radius 1 is 1.12 bits per heavy atom. The number of thioether (sulfide) groups is 1. The van der Waals surface area contributed by atoms with Crippen LogP contribution in [-0.2, 0) is 14.8 Å². The second-order valence-electron chi connectivity index (χ2n) is 7.08. The number of nitrogens with zero attached hydrogens (tertiary/aromatic N) is 2. The first-order valence-corrected chi connectivity index (χ1v) is 12.7. The van der Waals surface area contributed by atoms with Gasteiger partial charge in [-0.2, -0.15) is 8.42 Å². The molecule has 176 valence electrons. The highest BCUT2D eigenvalue weighted by atomic mass is 32.2.